The summed E-state index contributed by atoms with van der Waals surface area (Å²) >= 11 is 0. The van der Waals surface area contributed by atoms with Crippen LogP contribution in [0.4, 0.5) is 5.69 Å². The van der Waals surface area contributed by atoms with E-state index in [2.05, 4.69) is 5.32 Å². The van der Waals surface area contributed by atoms with E-state index >= 15 is 0 Å². The molecule has 1 amide bonds. The number of rotatable bonds is 5. The molecule has 1 aromatic rings. The third kappa shape index (κ3) is 3.45. The van der Waals surface area contributed by atoms with E-state index in [-0.39, 0.29) is 11.8 Å². The lowest BCUT2D eigenvalue weighted by Gasteiger charge is -2.14. The Morgan fingerprint density at radius 3 is 2.48 bits per heavy atom. The topological polar surface area (TPSA) is 84.9 Å². The molecule has 2 unspecified atom stereocenters. The van der Waals surface area contributed by atoms with Crippen molar-refractivity contribution in [3.8, 4) is 11.5 Å². The SMILES string of the molecule is COc1ccc(NC(=O)C2CCC(C(=O)O)C2)c(OC)c1. The highest BCUT2D eigenvalue weighted by atomic mass is 16.5. The molecule has 2 atom stereocenters. The maximum absolute atomic E-state index is 12.2. The summed E-state index contributed by atoms with van der Waals surface area (Å²) in [4.78, 5) is 23.1. The fourth-order valence-corrected chi connectivity index (χ4v) is 2.58. The minimum absolute atomic E-state index is 0.165. The predicted molar refractivity (Wildman–Crippen MR) is 76.6 cm³/mol. The summed E-state index contributed by atoms with van der Waals surface area (Å²) < 4.78 is 10.3. The van der Waals surface area contributed by atoms with Gasteiger partial charge in [0.15, 0.2) is 0 Å². The number of carboxylic acids is 1. The normalized spacial score (nSPS) is 20.9. The quantitative estimate of drug-likeness (QED) is 0.869. The third-order valence-corrected chi connectivity index (χ3v) is 3.82. The van der Waals surface area contributed by atoms with Crippen LogP contribution in [0, 0.1) is 11.8 Å². The Morgan fingerprint density at radius 1 is 1.19 bits per heavy atom. The maximum atomic E-state index is 12.2. The van der Waals surface area contributed by atoms with Gasteiger partial charge in [0.05, 0.1) is 25.8 Å². The smallest absolute Gasteiger partial charge is 0.306 e. The first kappa shape index (κ1) is 15.2. The molecule has 21 heavy (non-hydrogen) atoms. The molecule has 1 aliphatic carbocycles. The van der Waals surface area contributed by atoms with Crippen LogP contribution in [0.3, 0.4) is 0 Å². The zero-order chi connectivity index (χ0) is 15.4. The van der Waals surface area contributed by atoms with Crippen molar-refractivity contribution in [1.82, 2.24) is 0 Å². The first-order valence-electron chi connectivity index (χ1n) is 6.80. The summed E-state index contributed by atoms with van der Waals surface area (Å²) in [5, 5.41) is 11.8. The van der Waals surface area contributed by atoms with Crippen molar-refractivity contribution in [3.63, 3.8) is 0 Å². The van der Waals surface area contributed by atoms with Crippen molar-refractivity contribution >= 4 is 17.6 Å². The van der Waals surface area contributed by atoms with Crippen molar-refractivity contribution in [2.24, 2.45) is 11.8 Å². The van der Waals surface area contributed by atoms with E-state index in [0.717, 1.165) is 0 Å². The van der Waals surface area contributed by atoms with E-state index < -0.39 is 11.9 Å². The van der Waals surface area contributed by atoms with Gasteiger partial charge in [-0.3, -0.25) is 9.59 Å². The van der Waals surface area contributed by atoms with Crippen LogP contribution in [-0.2, 0) is 9.59 Å². The van der Waals surface area contributed by atoms with Crippen LogP contribution in [-0.4, -0.2) is 31.2 Å². The molecule has 0 bridgehead atoms. The fraction of sp³-hybridized carbons (Fsp3) is 0.467. The first-order valence-corrected chi connectivity index (χ1v) is 6.80. The second-order valence-corrected chi connectivity index (χ2v) is 5.10. The van der Waals surface area contributed by atoms with Crippen molar-refractivity contribution in [3.05, 3.63) is 18.2 Å². The van der Waals surface area contributed by atoms with Crippen LogP contribution >= 0.6 is 0 Å². The highest BCUT2D eigenvalue weighted by molar-refractivity contribution is 5.94. The zero-order valence-electron chi connectivity index (χ0n) is 12.1. The molecule has 1 aromatic carbocycles. The number of carbonyl (C=O) groups excluding carboxylic acids is 1. The molecule has 1 aliphatic rings. The van der Waals surface area contributed by atoms with Gasteiger partial charge in [-0.15, -0.1) is 0 Å². The Morgan fingerprint density at radius 2 is 1.90 bits per heavy atom. The molecular formula is C15H19NO5. The molecule has 1 fully saturated rings. The van der Waals surface area contributed by atoms with Gasteiger partial charge in [0.2, 0.25) is 5.91 Å². The maximum Gasteiger partial charge on any atom is 0.306 e. The second kappa shape index (κ2) is 6.47. The second-order valence-electron chi connectivity index (χ2n) is 5.10. The number of amides is 1. The Labute approximate surface area is 123 Å². The highest BCUT2D eigenvalue weighted by Crippen LogP contribution is 2.34. The molecule has 2 rings (SSSR count). The van der Waals surface area contributed by atoms with Gasteiger partial charge in [-0.05, 0) is 31.4 Å². The number of methoxy groups -OCH3 is 2. The lowest BCUT2D eigenvalue weighted by atomic mass is 10.0. The molecule has 6 nitrogen and oxygen atoms in total. The zero-order valence-corrected chi connectivity index (χ0v) is 12.1. The Hall–Kier alpha value is -2.24. The number of anilines is 1. The van der Waals surface area contributed by atoms with Gasteiger partial charge in [-0.2, -0.15) is 0 Å². The number of hydrogen-bond acceptors (Lipinski definition) is 4. The lowest BCUT2D eigenvalue weighted by Crippen LogP contribution is -2.22. The van der Waals surface area contributed by atoms with E-state index in [1.165, 1.54) is 7.11 Å². The number of nitrogens with one attached hydrogen (secondary N) is 1. The standard InChI is InChI=1S/C15H19NO5/c1-20-11-5-6-12(13(8-11)21-2)16-14(17)9-3-4-10(7-9)15(18)19/h5-6,8-10H,3-4,7H2,1-2H3,(H,16,17)(H,18,19). The van der Waals surface area contributed by atoms with Crippen LogP contribution in [0.5, 0.6) is 11.5 Å². The Kier molecular flexibility index (Phi) is 4.67. The van der Waals surface area contributed by atoms with Gasteiger partial charge in [0.1, 0.15) is 11.5 Å². The van der Waals surface area contributed by atoms with Crippen LogP contribution in [0.15, 0.2) is 18.2 Å². The Bertz CT molecular complexity index is 543. The molecule has 1 saturated carbocycles. The van der Waals surface area contributed by atoms with E-state index in [1.807, 2.05) is 0 Å². The number of benzene rings is 1. The average molecular weight is 293 g/mol. The molecule has 0 aliphatic heterocycles. The van der Waals surface area contributed by atoms with Crippen LogP contribution in [0.25, 0.3) is 0 Å². The van der Waals surface area contributed by atoms with E-state index in [4.69, 9.17) is 14.6 Å². The molecule has 114 valence electrons. The predicted octanol–water partition coefficient (Wildman–Crippen LogP) is 2.14. The highest BCUT2D eigenvalue weighted by Gasteiger charge is 2.34. The van der Waals surface area contributed by atoms with Crippen molar-refractivity contribution in [1.29, 1.82) is 0 Å². The Balaban J connectivity index is 2.05. The van der Waals surface area contributed by atoms with Crippen molar-refractivity contribution in [2.45, 2.75) is 19.3 Å². The molecule has 0 radical (unpaired) electrons. The summed E-state index contributed by atoms with van der Waals surface area (Å²) in [7, 11) is 3.07. The minimum atomic E-state index is -0.827. The fourth-order valence-electron chi connectivity index (χ4n) is 2.58. The number of hydrogen-bond donors (Lipinski definition) is 2. The lowest BCUT2D eigenvalue weighted by molar-refractivity contribution is -0.141. The first-order chi connectivity index (χ1) is 10.0. The molecular weight excluding hydrogens is 274 g/mol. The summed E-state index contributed by atoms with van der Waals surface area (Å²) in [5.74, 6) is -0.530. The molecule has 0 saturated heterocycles. The van der Waals surface area contributed by atoms with Crippen LogP contribution in [0.2, 0.25) is 0 Å². The largest absolute Gasteiger partial charge is 0.497 e. The van der Waals surface area contributed by atoms with Crippen molar-refractivity contribution < 1.29 is 24.2 Å². The average Bonchev–Trinajstić information content (AvgIpc) is 2.97. The number of ether oxygens (including phenoxy) is 2. The van der Waals surface area contributed by atoms with Crippen LogP contribution in [0.1, 0.15) is 19.3 Å². The number of aliphatic carboxylic acids is 1. The molecule has 6 heteroatoms. The summed E-state index contributed by atoms with van der Waals surface area (Å²) in [5.41, 5.74) is 0.557. The van der Waals surface area contributed by atoms with Gasteiger partial charge < -0.3 is 19.9 Å². The summed E-state index contributed by atoms with van der Waals surface area (Å²) in [6, 6.07) is 5.12. The van der Waals surface area contributed by atoms with E-state index in [0.29, 0.717) is 36.4 Å². The molecule has 0 aromatic heterocycles. The molecule has 0 spiro atoms. The summed E-state index contributed by atoms with van der Waals surface area (Å²) in [6.45, 7) is 0. The minimum Gasteiger partial charge on any atom is -0.497 e. The monoisotopic (exact) mass is 293 g/mol. The number of carbonyl (C=O) groups is 2. The number of carboxylic acid groups (broad SMARTS) is 1. The van der Waals surface area contributed by atoms with E-state index in [9.17, 15) is 9.59 Å². The third-order valence-electron chi connectivity index (χ3n) is 3.82. The van der Waals surface area contributed by atoms with Gasteiger partial charge in [-0.25, -0.2) is 0 Å². The van der Waals surface area contributed by atoms with Gasteiger partial charge in [0, 0.05) is 12.0 Å². The van der Waals surface area contributed by atoms with Crippen LogP contribution < -0.4 is 14.8 Å². The van der Waals surface area contributed by atoms with Gasteiger partial charge >= 0.3 is 5.97 Å². The van der Waals surface area contributed by atoms with E-state index in [1.54, 1.807) is 25.3 Å². The van der Waals surface area contributed by atoms with Gasteiger partial charge in [0.25, 0.3) is 0 Å². The molecule has 2 N–H and O–H groups in total. The van der Waals surface area contributed by atoms with Gasteiger partial charge in [-0.1, -0.05) is 0 Å². The summed E-state index contributed by atoms with van der Waals surface area (Å²) in [6.07, 6.45) is 1.54. The van der Waals surface area contributed by atoms with Crippen molar-refractivity contribution in [2.75, 3.05) is 19.5 Å². The molecule has 0 heterocycles.